The van der Waals surface area contributed by atoms with Crippen LogP contribution in [0.5, 0.6) is 0 Å². The zero-order valence-electron chi connectivity index (χ0n) is 14.1. The molecule has 1 aromatic heterocycles. The summed E-state index contributed by atoms with van der Waals surface area (Å²) < 4.78 is 0. The van der Waals surface area contributed by atoms with Gasteiger partial charge in [-0.05, 0) is 36.7 Å². The molecule has 4 heteroatoms. The van der Waals surface area contributed by atoms with Gasteiger partial charge >= 0.3 is 0 Å². The van der Waals surface area contributed by atoms with Crippen molar-refractivity contribution in [3.63, 3.8) is 0 Å². The Morgan fingerprint density at radius 2 is 2.05 bits per heavy atom. The quantitative estimate of drug-likeness (QED) is 0.853. The third-order valence-corrected chi connectivity index (χ3v) is 5.97. The molecule has 1 aromatic rings. The molecule has 1 saturated heterocycles. The number of carbonyl (C=O) groups is 1. The Kier molecular flexibility index (Phi) is 4.88. The van der Waals surface area contributed by atoms with Gasteiger partial charge in [0.15, 0.2) is 0 Å². The van der Waals surface area contributed by atoms with Gasteiger partial charge in [0.05, 0.1) is 5.56 Å². The molecule has 0 spiro atoms. The van der Waals surface area contributed by atoms with E-state index in [1.807, 2.05) is 0 Å². The number of amides is 1. The fourth-order valence-electron chi connectivity index (χ4n) is 3.68. The molecule has 3 rings (SSSR count). The predicted molar refractivity (Wildman–Crippen MR) is 92.7 cm³/mol. The smallest absolute Gasteiger partial charge is 0.255 e. The second kappa shape index (κ2) is 6.71. The highest BCUT2D eigenvalue weighted by Gasteiger charge is 2.28. The summed E-state index contributed by atoms with van der Waals surface area (Å²) in [6, 6.07) is 0. The molecule has 1 atom stereocenters. The molecule has 0 bridgehead atoms. The van der Waals surface area contributed by atoms with E-state index < -0.39 is 0 Å². The Hall–Kier alpha value is -0.870. The number of rotatable bonds is 3. The molecule has 1 fully saturated rings. The summed E-state index contributed by atoms with van der Waals surface area (Å²) in [5, 5.41) is 2.12. The van der Waals surface area contributed by atoms with E-state index >= 15 is 0 Å². The van der Waals surface area contributed by atoms with Crippen molar-refractivity contribution in [2.24, 2.45) is 11.8 Å². The van der Waals surface area contributed by atoms with E-state index in [0.29, 0.717) is 5.92 Å². The molecule has 0 aromatic carbocycles. The van der Waals surface area contributed by atoms with Gasteiger partial charge < -0.3 is 4.90 Å². The predicted octanol–water partition coefficient (Wildman–Crippen LogP) is 3.29. The molecule has 22 heavy (non-hydrogen) atoms. The first-order valence-corrected chi connectivity index (χ1v) is 9.53. The van der Waals surface area contributed by atoms with Crippen molar-refractivity contribution < 1.29 is 4.79 Å². The van der Waals surface area contributed by atoms with E-state index in [1.165, 1.54) is 16.9 Å². The molecule has 0 radical (unpaired) electrons. The van der Waals surface area contributed by atoms with Crippen molar-refractivity contribution in [2.75, 3.05) is 32.7 Å². The van der Waals surface area contributed by atoms with E-state index in [-0.39, 0.29) is 5.91 Å². The summed E-state index contributed by atoms with van der Waals surface area (Å²) in [7, 11) is 0. The summed E-state index contributed by atoms with van der Waals surface area (Å²) in [4.78, 5) is 18.9. The minimum absolute atomic E-state index is 0.274. The third-order valence-electron chi connectivity index (χ3n) is 4.91. The van der Waals surface area contributed by atoms with Gasteiger partial charge in [0.25, 0.3) is 5.91 Å². The second-order valence-corrected chi connectivity index (χ2v) is 8.35. The van der Waals surface area contributed by atoms with Gasteiger partial charge in [0, 0.05) is 43.0 Å². The van der Waals surface area contributed by atoms with Gasteiger partial charge in [-0.25, -0.2) is 0 Å². The monoisotopic (exact) mass is 320 g/mol. The van der Waals surface area contributed by atoms with E-state index in [2.05, 4.69) is 36.0 Å². The van der Waals surface area contributed by atoms with Gasteiger partial charge in [-0.15, -0.1) is 11.3 Å². The topological polar surface area (TPSA) is 23.6 Å². The van der Waals surface area contributed by atoms with Crippen molar-refractivity contribution in [1.82, 2.24) is 9.80 Å². The van der Waals surface area contributed by atoms with Crippen LogP contribution in [0.3, 0.4) is 0 Å². The third kappa shape index (κ3) is 3.38. The van der Waals surface area contributed by atoms with Crippen LogP contribution in [0.25, 0.3) is 0 Å². The Balaban J connectivity index is 1.64. The summed E-state index contributed by atoms with van der Waals surface area (Å²) >= 11 is 1.80. The maximum atomic E-state index is 12.9. The molecule has 1 aliphatic heterocycles. The molecule has 0 saturated carbocycles. The average Bonchev–Trinajstić information content (AvgIpc) is 2.89. The van der Waals surface area contributed by atoms with E-state index in [4.69, 9.17) is 0 Å². The van der Waals surface area contributed by atoms with Gasteiger partial charge in [0.1, 0.15) is 0 Å². The largest absolute Gasteiger partial charge is 0.336 e. The number of hydrogen-bond donors (Lipinski definition) is 0. The lowest BCUT2D eigenvalue weighted by atomic mass is 9.88. The van der Waals surface area contributed by atoms with E-state index in [9.17, 15) is 4.79 Å². The van der Waals surface area contributed by atoms with Crippen LogP contribution in [-0.4, -0.2) is 48.4 Å². The van der Waals surface area contributed by atoms with Gasteiger partial charge in [-0.2, -0.15) is 0 Å². The lowest BCUT2D eigenvalue weighted by molar-refractivity contribution is 0.0623. The van der Waals surface area contributed by atoms with Crippen molar-refractivity contribution in [2.45, 2.75) is 40.0 Å². The van der Waals surface area contributed by atoms with E-state index in [0.717, 1.165) is 57.0 Å². The van der Waals surface area contributed by atoms with Crippen LogP contribution in [0.2, 0.25) is 0 Å². The zero-order valence-corrected chi connectivity index (χ0v) is 14.9. The van der Waals surface area contributed by atoms with Gasteiger partial charge in [-0.1, -0.05) is 20.8 Å². The minimum Gasteiger partial charge on any atom is -0.336 e. The summed E-state index contributed by atoms with van der Waals surface area (Å²) in [5.74, 6) is 1.75. The highest BCUT2D eigenvalue weighted by molar-refractivity contribution is 7.10. The van der Waals surface area contributed by atoms with Crippen molar-refractivity contribution in [1.29, 1.82) is 0 Å². The van der Waals surface area contributed by atoms with Crippen LogP contribution < -0.4 is 0 Å². The van der Waals surface area contributed by atoms with E-state index in [1.54, 1.807) is 11.3 Å². The summed E-state index contributed by atoms with van der Waals surface area (Å²) in [5.41, 5.74) is 2.36. The molecular weight excluding hydrogens is 292 g/mol. The fraction of sp³-hybridized carbons (Fsp3) is 0.722. The van der Waals surface area contributed by atoms with Gasteiger partial charge in [0.2, 0.25) is 0 Å². The maximum absolute atomic E-state index is 12.9. The first kappa shape index (κ1) is 16.0. The molecule has 2 heterocycles. The summed E-state index contributed by atoms with van der Waals surface area (Å²) in [6.45, 7) is 11.8. The van der Waals surface area contributed by atoms with Gasteiger partial charge in [-0.3, -0.25) is 9.69 Å². The normalized spacial score (nSPS) is 22.9. The van der Waals surface area contributed by atoms with Crippen molar-refractivity contribution in [3.8, 4) is 0 Å². The van der Waals surface area contributed by atoms with Crippen LogP contribution in [0.15, 0.2) is 5.38 Å². The standard InChI is InChI=1S/C18H28N2OS/c1-13(2)11-19-6-8-20(9-7-19)18(21)16-12-22-17-10-14(3)4-5-15(16)17/h12-14H,4-11H2,1-3H3. The first-order valence-electron chi connectivity index (χ1n) is 8.65. The van der Waals surface area contributed by atoms with Crippen LogP contribution in [0.1, 0.15) is 48.0 Å². The SMILES string of the molecule is CC(C)CN1CCN(C(=O)c2csc3c2CCC(C)C3)CC1. The first-order chi connectivity index (χ1) is 10.5. The number of carbonyl (C=O) groups excluding carboxylic acids is 1. The molecule has 3 nitrogen and oxygen atoms in total. The lowest BCUT2D eigenvalue weighted by Crippen LogP contribution is -2.49. The van der Waals surface area contributed by atoms with Crippen LogP contribution >= 0.6 is 11.3 Å². The second-order valence-electron chi connectivity index (χ2n) is 7.39. The highest BCUT2D eigenvalue weighted by atomic mass is 32.1. The average molecular weight is 321 g/mol. The number of nitrogens with zero attached hydrogens (tertiary/aromatic N) is 2. The van der Waals surface area contributed by atoms with Crippen molar-refractivity contribution in [3.05, 3.63) is 21.4 Å². The molecule has 0 N–H and O–H groups in total. The Labute approximate surface area is 138 Å². The Morgan fingerprint density at radius 3 is 2.73 bits per heavy atom. The van der Waals surface area contributed by atoms with Crippen LogP contribution in [0.4, 0.5) is 0 Å². The molecule has 122 valence electrons. The molecule has 1 amide bonds. The number of hydrogen-bond acceptors (Lipinski definition) is 3. The summed E-state index contributed by atoms with van der Waals surface area (Å²) in [6.07, 6.45) is 3.48. The number of piperazine rings is 1. The number of thiophene rings is 1. The van der Waals surface area contributed by atoms with Crippen LogP contribution in [-0.2, 0) is 12.8 Å². The molecule has 1 unspecified atom stereocenters. The maximum Gasteiger partial charge on any atom is 0.255 e. The number of fused-ring (bicyclic) bond motifs is 1. The molecule has 1 aliphatic carbocycles. The van der Waals surface area contributed by atoms with Crippen molar-refractivity contribution >= 4 is 17.2 Å². The Morgan fingerprint density at radius 1 is 1.32 bits per heavy atom. The zero-order chi connectivity index (χ0) is 15.7. The highest BCUT2D eigenvalue weighted by Crippen LogP contribution is 2.33. The molecular formula is C18H28N2OS. The Bertz CT molecular complexity index is 529. The molecule has 2 aliphatic rings. The minimum atomic E-state index is 0.274. The lowest BCUT2D eigenvalue weighted by Gasteiger charge is -2.35. The van der Waals surface area contributed by atoms with Crippen LogP contribution in [0, 0.1) is 11.8 Å². The fourth-order valence-corrected chi connectivity index (χ4v) is 4.92.